The first-order valence-electron chi connectivity index (χ1n) is 8.39. The molecule has 1 aromatic carbocycles. The molecular weight excluding hydrogens is 367 g/mol. The number of rotatable bonds is 6. The topological polar surface area (TPSA) is 71.0 Å². The fourth-order valence-corrected chi connectivity index (χ4v) is 3.64. The van der Waals surface area contributed by atoms with Gasteiger partial charge >= 0.3 is 0 Å². The van der Waals surface area contributed by atoms with Crippen molar-refractivity contribution in [1.82, 2.24) is 10.2 Å². The molecule has 138 valence electrons. The van der Waals surface area contributed by atoms with Crippen LogP contribution in [0.4, 0.5) is 0 Å². The number of nitrogens with zero attached hydrogens (tertiary/aromatic N) is 1. The van der Waals surface area contributed by atoms with Gasteiger partial charge in [-0.05, 0) is 25.0 Å². The second kappa shape index (κ2) is 8.56. The number of morpholine rings is 1. The highest BCUT2D eigenvalue weighted by atomic mass is 35.5. The first kappa shape index (κ1) is 18.7. The number of hydrogen-bond acceptors (Lipinski definition) is 5. The van der Waals surface area contributed by atoms with Crippen LogP contribution in [0.2, 0.25) is 10.0 Å². The molecule has 0 aliphatic carbocycles. The van der Waals surface area contributed by atoms with Crippen molar-refractivity contribution in [3.05, 3.63) is 28.2 Å². The highest BCUT2D eigenvalue weighted by Crippen LogP contribution is 2.26. The average molecular weight is 389 g/mol. The van der Waals surface area contributed by atoms with Gasteiger partial charge in [-0.1, -0.05) is 23.2 Å². The number of carbonyl (C=O) groups excluding carboxylic acids is 1. The van der Waals surface area contributed by atoms with Crippen LogP contribution < -0.4 is 10.1 Å². The number of carbonyl (C=O) groups is 1. The number of hydrogen-bond donors (Lipinski definition) is 2. The fraction of sp³-hybridized carbons (Fsp3) is 0.588. The Hall–Kier alpha value is -1.05. The zero-order valence-corrected chi connectivity index (χ0v) is 15.3. The lowest BCUT2D eigenvalue weighted by molar-refractivity contribution is -0.123. The standard InChI is InChI=1S/C17H22Cl2N2O4/c18-15-2-1-13(6-16(15)19)25-10-17(23)20-11-5-12-9-24-14(3-4-22)8-21(12)7-11/h1-2,6,11-12,14,22H,3-5,7-10H2,(H,20,23)/t11-,12-,14-/m0/s1. The minimum atomic E-state index is -0.163. The van der Waals surface area contributed by atoms with Crippen molar-refractivity contribution in [3.63, 3.8) is 0 Å². The lowest BCUT2D eigenvalue weighted by Crippen LogP contribution is -2.46. The molecule has 2 aliphatic rings. The Labute approximate surface area is 157 Å². The number of aliphatic hydroxyl groups is 1. The molecule has 3 rings (SSSR count). The normalized spacial score (nSPS) is 26.3. The molecule has 1 aromatic rings. The van der Waals surface area contributed by atoms with Gasteiger partial charge in [0.15, 0.2) is 6.61 Å². The predicted molar refractivity (Wildman–Crippen MR) is 95.3 cm³/mol. The van der Waals surface area contributed by atoms with Gasteiger partial charge in [-0.15, -0.1) is 0 Å². The number of benzene rings is 1. The van der Waals surface area contributed by atoms with Crippen LogP contribution in [-0.2, 0) is 9.53 Å². The number of amides is 1. The summed E-state index contributed by atoms with van der Waals surface area (Å²) in [6.45, 7) is 2.32. The predicted octanol–water partition coefficient (Wildman–Crippen LogP) is 1.71. The van der Waals surface area contributed by atoms with Gasteiger partial charge in [-0.2, -0.15) is 0 Å². The second-order valence-corrected chi connectivity index (χ2v) is 7.25. The molecule has 2 fully saturated rings. The number of nitrogens with one attached hydrogen (secondary N) is 1. The number of fused-ring (bicyclic) bond motifs is 1. The summed E-state index contributed by atoms with van der Waals surface area (Å²) in [5, 5.41) is 12.9. The maximum absolute atomic E-state index is 12.1. The molecule has 6 nitrogen and oxygen atoms in total. The Morgan fingerprint density at radius 2 is 2.20 bits per heavy atom. The van der Waals surface area contributed by atoms with Crippen molar-refractivity contribution in [1.29, 1.82) is 0 Å². The first-order valence-corrected chi connectivity index (χ1v) is 9.14. The third kappa shape index (κ3) is 4.99. The monoisotopic (exact) mass is 388 g/mol. The quantitative estimate of drug-likeness (QED) is 0.775. The van der Waals surface area contributed by atoms with E-state index >= 15 is 0 Å². The Kier molecular flexibility index (Phi) is 6.41. The molecular formula is C17H22Cl2N2O4. The van der Waals surface area contributed by atoms with Crippen molar-refractivity contribution in [2.24, 2.45) is 0 Å². The minimum absolute atomic E-state index is 0.0667. The van der Waals surface area contributed by atoms with Gasteiger partial charge in [0.1, 0.15) is 5.75 Å². The molecule has 2 saturated heterocycles. The van der Waals surface area contributed by atoms with Crippen LogP contribution in [0.5, 0.6) is 5.75 Å². The first-order chi connectivity index (χ1) is 12.0. The maximum atomic E-state index is 12.1. The van der Waals surface area contributed by atoms with E-state index in [1.807, 2.05) is 0 Å². The van der Waals surface area contributed by atoms with Crippen molar-refractivity contribution in [3.8, 4) is 5.75 Å². The van der Waals surface area contributed by atoms with E-state index in [2.05, 4.69) is 10.2 Å². The molecule has 2 N–H and O–H groups in total. The summed E-state index contributed by atoms with van der Waals surface area (Å²) in [7, 11) is 0. The second-order valence-electron chi connectivity index (χ2n) is 6.44. The average Bonchev–Trinajstić information content (AvgIpc) is 2.97. The van der Waals surface area contributed by atoms with Crippen LogP contribution in [0.25, 0.3) is 0 Å². The number of aliphatic hydroxyl groups excluding tert-OH is 1. The fourth-order valence-electron chi connectivity index (χ4n) is 3.35. The highest BCUT2D eigenvalue weighted by Gasteiger charge is 2.37. The molecule has 0 saturated carbocycles. The van der Waals surface area contributed by atoms with E-state index in [0.29, 0.717) is 34.9 Å². The molecule has 1 amide bonds. The third-order valence-electron chi connectivity index (χ3n) is 4.57. The van der Waals surface area contributed by atoms with Crippen molar-refractivity contribution < 1.29 is 19.4 Å². The van der Waals surface area contributed by atoms with E-state index in [1.54, 1.807) is 18.2 Å². The molecule has 8 heteroatoms. The van der Waals surface area contributed by atoms with Gasteiger partial charge < -0.3 is 19.9 Å². The molecule has 0 unspecified atom stereocenters. The van der Waals surface area contributed by atoms with E-state index in [1.165, 1.54) is 0 Å². The van der Waals surface area contributed by atoms with Crippen molar-refractivity contribution >= 4 is 29.1 Å². The SMILES string of the molecule is O=C(COc1ccc(Cl)c(Cl)c1)N[C@H]1C[C@H]2CO[C@@H](CCO)CN2C1. The van der Waals surface area contributed by atoms with Crippen molar-refractivity contribution in [2.45, 2.75) is 31.0 Å². The molecule has 0 radical (unpaired) electrons. The van der Waals surface area contributed by atoms with Crippen LogP contribution >= 0.6 is 23.2 Å². The van der Waals surface area contributed by atoms with E-state index in [0.717, 1.165) is 19.5 Å². The highest BCUT2D eigenvalue weighted by molar-refractivity contribution is 6.42. The van der Waals surface area contributed by atoms with E-state index in [9.17, 15) is 4.79 Å². The summed E-state index contributed by atoms with van der Waals surface area (Å²) in [5.74, 6) is 0.345. The van der Waals surface area contributed by atoms with Gasteiger partial charge in [0.25, 0.3) is 5.91 Å². The van der Waals surface area contributed by atoms with E-state index in [4.69, 9.17) is 37.8 Å². The molecule has 25 heavy (non-hydrogen) atoms. The van der Waals surface area contributed by atoms with Crippen molar-refractivity contribution in [2.75, 3.05) is 32.9 Å². The molecule has 0 bridgehead atoms. The van der Waals surface area contributed by atoms with Gasteiger partial charge in [0, 0.05) is 37.8 Å². The number of ether oxygens (including phenoxy) is 2. The zero-order valence-electron chi connectivity index (χ0n) is 13.8. The van der Waals surface area contributed by atoms with Crippen LogP contribution in [-0.4, -0.2) is 67.0 Å². The van der Waals surface area contributed by atoms with E-state index < -0.39 is 0 Å². The Morgan fingerprint density at radius 3 is 2.96 bits per heavy atom. The molecule has 3 atom stereocenters. The molecule has 0 spiro atoms. The summed E-state index contributed by atoms with van der Waals surface area (Å²) in [4.78, 5) is 14.4. The van der Waals surface area contributed by atoms with Crippen LogP contribution in [0.1, 0.15) is 12.8 Å². The largest absolute Gasteiger partial charge is 0.484 e. The molecule has 2 heterocycles. The molecule has 0 aromatic heterocycles. The lowest BCUT2D eigenvalue weighted by Gasteiger charge is -2.34. The van der Waals surface area contributed by atoms with Crippen LogP contribution in [0, 0.1) is 0 Å². The smallest absolute Gasteiger partial charge is 0.258 e. The third-order valence-corrected chi connectivity index (χ3v) is 5.31. The maximum Gasteiger partial charge on any atom is 0.258 e. The Morgan fingerprint density at radius 1 is 1.36 bits per heavy atom. The van der Waals surface area contributed by atoms with Gasteiger partial charge in [0.05, 0.1) is 22.8 Å². The molecule has 2 aliphatic heterocycles. The van der Waals surface area contributed by atoms with Gasteiger partial charge in [-0.25, -0.2) is 0 Å². The van der Waals surface area contributed by atoms with Gasteiger partial charge in [-0.3, -0.25) is 9.69 Å². The Balaban J connectivity index is 1.43. The summed E-state index contributed by atoms with van der Waals surface area (Å²) in [6.07, 6.45) is 1.59. The lowest BCUT2D eigenvalue weighted by atomic mass is 10.1. The summed E-state index contributed by atoms with van der Waals surface area (Å²) < 4.78 is 11.2. The number of halogens is 2. The zero-order chi connectivity index (χ0) is 17.8. The Bertz CT molecular complexity index is 616. The van der Waals surface area contributed by atoms with Gasteiger partial charge in [0.2, 0.25) is 0 Å². The van der Waals surface area contributed by atoms with Crippen LogP contribution in [0.15, 0.2) is 18.2 Å². The summed E-state index contributed by atoms with van der Waals surface area (Å²) >= 11 is 11.8. The summed E-state index contributed by atoms with van der Waals surface area (Å²) in [6, 6.07) is 5.32. The minimum Gasteiger partial charge on any atom is -0.484 e. The van der Waals surface area contributed by atoms with E-state index in [-0.39, 0.29) is 31.3 Å². The summed E-state index contributed by atoms with van der Waals surface area (Å²) in [5.41, 5.74) is 0. The van der Waals surface area contributed by atoms with Crippen LogP contribution in [0.3, 0.4) is 0 Å².